The van der Waals surface area contributed by atoms with Gasteiger partial charge in [0.05, 0.1) is 0 Å². The van der Waals surface area contributed by atoms with Crippen LogP contribution in [0.25, 0.3) is 22.6 Å². The molecule has 0 saturated heterocycles. The normalized spacial score (nSPS) is 12.7. The number of hydrogen-bond acceptors (Lipinski definition) is 5. The van der Waals surface area contributed by atoms with Crippen molar-refractivity contribution in [3.05, 3.63) is 36.2 Å². The Morgan fingerprint density at radius 3 is 2.52 bits per heavy atom. The lowest BCUT2D eigenvalue weighted by molar-refractivity contribution is 0.341. The maximum atomic E-state index is 4.99. The molecule has 2 aromatic heterocycles. The molecule has 1 N–H and O–H groups in total. The first-order valence-corrected chi connectivity index (χ1v) is 9.71. The van der Waals surface area contributed by atoms with Crippen molar-refractivity contribution in [2.24, 2.45) is 0 Å². The van der Waals surface area contributed by atoms with Crippen LogP contribution in [0, 0.1) is 6.92 Å². The molecule has 0 fully saturated rings. The van der Waals surface area contributed by atoms with Gasteiger partial charge in [-0.1, -0.05) is 43.7 Å². The maximum absolute atomic E-state index is 4.99. The lowest BCUT2D eigenvalue weighted by Crippen LogP contribution is -2.23. The highest BCUT2D eigenvalue weighted by Crippen LogP contribution is 2.30. The van der Waals surface area contributed by atoms with Crippen molar-refractivity contribution in [3.8, 4) is 11.4 Å². The number of nitrogens with one attached hydrogen (secondary N) is 1. The highest BCUT2D eigenvalue weighted by molar-refractivity contribution is 5.86. The van der Waals surface area contributed by atoms with E-state index in [0.717, 1.165) is 60.1 Å². The zero-order valence-corrected chi connectivity index (χ0v) is 17.0. The summed E-state index contributed by atoms with van der Waals surface area (Å²) in [5.41, 5.74) is 2.84. The molecule has 1 atom stereocenters. The number of aryl methyl sites for hydroxylation is 1. The van der Waals surface area contributed by atoms with Crippen LogP contribution in [0.15, 0.2) is 30.3 Å². The minimum atomic E-state index is 0.234. The Balaban J connectivity index is 2.18. The summed E-state index contributed by atoms with van der Waals surface area (Å²) in [4.78, 5) is 16.6. The third-order valence-electron chi connectivity index (χ3n) is 4.58. The average Bonchev–Trinajstić information content (AvgIpc) is 3.01. The molecule has 2 heterocycles. The van der Waals surface area contributed by atoms with E-state index in [1.54, 1.807) is 0 Å². The fourth-order valence-corrected chi connectivity index (χ4v) is 3.41. The van der Waals surface area contributed by atoms with Crippen LogP contribution in [0.1, 0.15) is 38.6 Å². The number of nitrogens with zero attached hydrogens (tertiary/aromatic N) is 5. The number of rotatable bonds is 8. The first-order chi connectivity index (χ1) is 13.0. The van der Waals surface area contributed by atoms with E-state index < -0.39 is 0 Å². The number of fused-ring (bicyclic) bond motifs is 1. The first-order valence-electron chi connectivity index (χ1n) is 9.71. The van der Waals surface area contributed by atoms with E-state index in [1.807, 2.05) is 25.1 Å². The SMILES string of the molecule is CCCCNc1nc(C)nc2c1nc(-c1ccccc1)n2C(C)CN(C)C. The molecule has 0 radical (unpaired) electrons. The fourth-order valence-electron chi connectivity index (χ4n) is 3.41. The van der Waals surface area contributed by atoms with Gasteiger partial charge in [-0.3, -0.25) is 0 Å². The standard InChI is InChI=1S/C21H30N6/c1-6-7-13-22-19-18-21(24-16(3)23-19)27(15(2)14-26(4)5)20(25-18)17-11-9-8-10-12-17/h8-12,15H,6-7,13-14H2,1-5H3,(H,22,23,24). The van der Waals surface area contributed by atoms with Crippen molar-refractivity contribution in [3.63, 3.8) is 0 Å². The predicted molar refractivity (Wildman–Crippen MR) is 112 cm³/mol. The van der Waals surface area contributed by atoms with Crippen LogP contribution in [-0.4, -0.2) is 51.6 Å². The molecule has 3 aromatic rings. The molecule has 6 heteroatoms. The molecule has 0 amide bonds. The van der Waals surface area contributed by atoms with Crippen molar-refractivity contribution in [2.75, 3.05) is 32.5 Å². The van der Waals surface area contributed by atoms with Crippen molar-refractivity contribution < 1.29 is 0 Å². The van der Waals surface area contributed by atoms with E-state index in [9.17, 15) is 0 Å². The zero-order chi connectivity index (χ0) is 19.4. The molecule has 0 saturated carbocycles. The van der Waals surface area contributed by atoms with Crippen LogP contribution >= 0.6 is 0 Å². The zero-order valence-electron chi connectivity index (χ0n) is 17.0. The third-order valence-corrected chi connectivity index (χ3v) is 4.58. The summed E-state index contributed by atoms with van der Waals surface area (Å²) in [6.45, 7) is 8.15. The number of unbranched alkanes of at least 4 members (excludes halogenated alkanes) is 1. The molecular formula is C21H30N6. The Morgan fingerprint density at radius 1 is 1.11 bits per heavy atom. The van der Waals surface area contributed by atoms with Gasteiger partial charge in [-0.25, -0.2) is 15.0 Å². The van der Waals surface area contributed by atoms with Gasteiger partial charge in [-0.05, 0) is 34.4 Å². The Labute approximate surface area is 161 Å². The highest BCUT2D eigenvalue weighted by Gasteiger charge is 2.21. The topological polar surface area (TPSA) is 58.9 Å². The predicted octanol–water partition coefficient (Wildman–Crippen LogP) is 4.14. The molecule has 0 aliphatic rings. The van der Waals surface area contributed by atoms with E-state index in [-0.39, 0.29) is 6.04 Å². The number of benzene rings is 1. The van der Waals surface area contributed by atoms with Crippen molar-refractivity contribution in [1.29, 1.82) is 0 Å². The van der Waals surface area contributed by atoms with Crippen molar-refractivity contribution in [2.45, 2.75) is 39.7 Å². The Hall–Kier alpha value is -2.47. The summed E-state index contributed by atoms with van der Waals surface area (Å²) < 4.78 is 2.25. The summed E-state index contributed by atoms with van der Waals surface area (Å²) in [6.07, 6.45) is 2.25. The number of imidazole rings is 1. The van der Waals surface area contributed by atoms with Gasteiger partial charge in [0, 0.05) is 24.7 Å². The molecule has 1 unspecified atom stereocenters. The molecule has 1 aromatic carbocycles. The van der Waals surface area contributed by atoms with Crippen molar-refractivity contribution in [1.82, 2.24) is 24.4 Å². The van der Waals surface area contributed by atoms with Crippen LogP contribution in [-0.2, 0) is 0 Å². The highest BCUT2D eigenvalue weighted by atomic mass is 15.2. The van der Waals surface area contributed by atoms with E-state index in [0.29, 0.717) is 0 Å². The van der Waals surface area contributed by atoms with Gasteiger partial charge in [0.15, 0.2) is 17.0 Å². The second-order valence-electron chi connectivity index (χ2n) is 7.35. The fraction of sp³-hybridized carbons (Fsp3) is 0.476. The molecule has 3 rings (SSSR count). The molecule has 0 bridgehead atoms. The second-order valence-corrected chi connectivity index (χ2v) is 7.35. The molecule has 144 valence electrons. The van der Waals surface area contributed by atoms with E-state index in [2.05, 4.69) is 59.8 Å². The van der Waals surface area contributed by atoms with Gasteiger partial charge in [-0.15, -0.1) is 0 Å². The first kappa shape index (κ1) is 19.3. The van der Waals surface area contributed by atoms with Crippen molar-refractivity contribution >= 4 is 17.0 Å². The maximum Gasteiger partial charge on any atom is 0.166 e. The molecule has 6 nitrogen and oxygen atoms in total. The van der Waals surface area contributed by atoms with E-state index in [4.69, 9.17) is 9.97 Å². The number of hydrogen-bond donors (Lipinski definition) is 1. The molecule has 0 spiro atoms. The minimum Gasteiger partial charge on any atom is -0.368 e. The monoisotopic (exact) mass is 366 g/mol. The van der Waals surface area contributed by atoms with E-state index in [1.165, 1.54) is 0 Å². The smallest absolute Gasteiger partial charge is 0.166 e. The van der Waals surface area contributed by atoms with Gasteiger partial charge < -0.3 is 14.8 Å². The second kappa shape index (κ2) is 8.48. The van der Waals surface area contributed by atoms with Gasteiger partial charge in [0.1, 0.15) is 11.6 Å². The van der Waals surface area contributed by atoms with Crippen LogP contribution in [0.4, 0.5) is 5.82 Å². The van der Waals surface area contributed by atoms with Crippen LogP contribution in [0.5, 0.6) is 0 Å². The van der Waals surface area contributed by atoms with Crippen LogP contribution in [0.2, 0.25) is 0 Å². The molecular weight excluding hydrogens is 336 g/mol. The third kappa shape index (κ3) is 4.27. The number of likely N-dealkylation sites (N-methyl/N-ethyl adjacent to an activating group) is 1. The van der Waals surface area contributed by atoms with Crippen LogP contribution in [0.3, 0.4) is 0 Å². The van der Waals surface area contributed by atoms with Gasteiger partial charge in [0.25, 0.3) is 0 Å². The quantitative estimate of drug-likeness (QED) is 0.607. The lowest BCUT2D eigenvalue weighted by Gasteiger charge is -2.21. The Morgan fingerprint density at radius 2 is 1.85 bits per heavy atom. The minimum absolute atomic E-state index is 0.234. The van der Waals surface area contributed by atoms with E-state index >= 15 is 0 Å². The Kier molecular flexibility index (Phi) is 6.06. The van der Waals surface area contributed by atoms with Crippen LogP contribution < -0.4 is 5.32 Å². The number of anilines is 1. The van der Waals surface area contributed by atoms with Gasteiger partial charge in [0.2, 0.25) is 0 Å². The van der Waals surface area contributed by atoms with Gasteiger partial charge in [-0.2, -0.15) is 0 Å². The summed E-state index contributed by atoms with van der Waals surface area (Å²) in [5.74, 6) is 2.54. The molecule has 0 aliphatic heterocycles. The largest absolute Gasteiger partial charge is 0.368 e. The summed E-state index contributed by atoms with van der Waals surface area (Å²) in [5, 5.41) is 3.46. The molecule has 0 aliphatic carbocycles. The Bertz CT molecular complexity index is 885. The lowest BCUT2D eigenvalue weighted by atomic mass is 10.2. The average molecular weight is 367 g/mol. The molecule has 27 heavy (non-hydrogen) atoms. The summed E-state index contributed by atoms with van der Waals surface area (Å²) >= 11 is 0. The summed E-state index contributed by atoms with van der Waals surface area (Å²) in [6, 6.07) is 10.6. The summed E-state index contributed by atoms with van der Waals surface area (Å²) in [7, 11) is 4.19. The number of aromatic nitrogens is 4. The van der Waals surface area contributed by atoms with Gasteiger partial charge >= 0.3 is 0 Å².